The van der Waals surface area contributed by atoms with Crippen molar-refractivity contribution in [2.24, 2.45) is 7.05 Å². The summed E-state index contributed by atoms with van der Waals surface area (Å²) in [5.74, 6) is -1.79. The summed E-state index contributed by atoms with van der Waals surface area (Å²) < 4.78 is 62.8. The van der Waals surface area contributed by atoms with Gasteiger partial charge in [-0.05, 0) is 50.5 Å². The van der Waals surface area contributed by atoms with Crippen LogP contribution >= 0.6 is 20.3 Å². The van der Waals surface area contributed by atoms with Crippen molar-refractivity contribution in [1.82, 2.24) is 25.0 Å². The van der Waals surface area contributed by atoms with Crippen molar-refractivity contribution in [3.63, 3.8) is 0 Å². The number of aromatic nitrogens is 3. The van der Waals surface area contributed by atoms with Crippen molar-refractivity contribution in [1.29, 1.82) is 0 Å². The maximum atomic E-state index is 16.1. The van der Waals surface area contributed by atoms with Crippen LogP contribution in [0.15, 0.2) is 24.3 Å². The van der Waals surface area contributed by atoms with E-state index in [0.717, 1.165) is 6.07 Å². The van der Waals surface area contributed by atoms with Crippen LogP contribution in [0.3, 0.4) is 0 Å². The number of nitrogens with one attached hydrogen (secondary N) is 1. The van der Waals surface area contributed by atoms with Crippen molar-refractivity contribution in [2.45, 2.75) is 76.8 Å². The fourth-order valence-electron chi connectivity index (χ4n) is 6.26. The van der Waals surface area contributed by atoms with Crippen molar-refractivity contribution < 1.29 is 31.9 Å². The van der Waals surface area contributed by atoms with E-state index in [1.54, 1.807) is 25.1 Å². The molecule has 3 aromatic rings. The van der Waals surface area contributed by atoms with E-state index in [2.05, 4.69) is 28.2 Å². The molecule has 2 aromatic heterocycles. The minimum atomic E-state index is -4.52. The summed E-state index contributed by atoms with van der Waals surface area (Å²) in [6.45, 7) is 8.81. The second-order valence-corrected chi connectivity index (χ2v) is 10.9. The van der Waals surface area contributed by atoms with Gasteiger partial charge in [-0.15, -0.1) is 0 Å². The zero-order valence-electron chi connectivity index (χ0n) is 24.4. The number of likely N-dealkylation sites (tertiary alicyclic amines) is 1. The number of piperidine rings is 2. The Balaban J connectivity index is 0.00000102. The molecule has 3 aliphatic heterocycles. The van der Waals surface area contributed by atoms with Gasteiger partial charge in [-0.25, -0.2) is 4.39 Å². The Labute approximate surface area is 266 Å². The fraction of sp³-hybridized carbons (Fsp3) is 0.517. The molecule has 3 saturated heterocycles. The molecule has 233 valence electrons. The normalized spacial score (nSPS) is 25.2. The van der Waals surface area contributed by atoms with Crippen LogP contribution in [-0.4, -0.2) is 62.9 Å². The molecule has 14 heteroatoms. The van der Waals surface area contributed by atoms with E-state index in [4.69, 9.17) is 4.74 Å². The Bertz CT molecular complexity index is 1550. The quantitative estimate of drug-likeness (QED) is 0.126. The third kappa shape index (κ3) is 6.22. The summed E-state index contributed by atoms with van der Waals surface area (Å²) >= 11 is 4.62. The number of rotatable bonds is 4. The van der Waals surface area contributed by atoms with E-state index in [-0.39, 0.29) is 24.3 Å². The second-order valence-electron chi connectivity index (χ2n) is 10.9. The van der Waals surface area contributed by atoms with Crippen molar-refractivity contribution in [3.8, 4) is 0 Å². The number of carbonyl (C=O) groups is 2. The van der Waals surface area contributed by atoms with Gasteiger partial charge < -0.3 is 4.74 Å². The molecule has 1 radical (unpaired) electrons. The van der Waals surface area contributed by atoms with Crippen molar-refractivity contribution >= 4 is 55.8 Å². The first-order valence-electron chi connectivity index (χ1n) is 13.9. The van der Waals surface area contributed by atoms with Crippen LogP contribution in [0, 0.1) is 12.7 Å². The Hall–Kier alpha value is -2.13. The van der Waals surface area contributed by atoms with E-state index in [9.17, 15) is 22.8 Å². The second kappa shape index (κ2) is 12.7. The van der Waals surface area contributed by atoms with Gasteiger partial charge in [0.05, 0.1) is 17.1 Å². The summed E-state index contributed by atoms with van der Waals surface area (Å²) in [5.41, 5.74) is -0.0513. The molecule has 6 rings (SSSR count). The standard InChI is InChI=1S/C27H27F4N5O3.C2H6.ISe/c1-14-17(16-4-7-22(37)33-24(16)38)11-18-20(32-14)6-5-19(23(18)28)26-8-9-36(13-25(26,2)39-26)12-15-10-21(27(29,30)31)34-35(15)3;2*1-2/h5-6,10-11,16H,4,7-9,12-13H2,1-3H3,(H,33,37,38);1-2H3;. The number of hydrogen-bond donors (Lipinski definition) is 1. The monoisotopic (exact) mass is 782 g/mol. The van der Waals surface area contributed by atoms with Crippen molar-refractivity contribution in [2.75, 3.05) is 13.1 Å². The molecule has 2 amide bonds. The van der Waals surface area contributed by atoms with Gasteiger partial charge in [0, 0.05) is 49.7 Å². The average molecular weight is 781 g/mol. The summed E-state index contributed by atoms with van der Waals surface area (Å²) in [7, 11) is 1.48. The van der Waals surface area contributed by atoms with Crippen LogP contribution in [0.2, 0.25) is 0 Å². The number of benzene rings is 1. The van der Waals surface area contributed by atoms with Crippen LogP contribution in [0.1, 0.15) is 74.2 Å². The number of epoxide rings is 1. The van der Waals surface area contributed by atoms with Gasteiger partial charge in [0.15, 0.2) is 5.69 Å². The first-order chi connectivity index (χ1) is 20.3. The predicted octanol–water partition coefficient (Wildman–Crippen LogP) is 5.38. The number of nitrogens with zero attached hydrogens (tertiary/aromatic N) is 4. The number of hydrogen-bond acceptors (Lipinski definition) is 6. The first-order valence-corrected chi connectivity index (χ1v) is 19.2. The third-order valence-electron chi connectivity index (χ3n) is 8.38. The molecule has 3 unspecified atom stereocenters. The van der Waals surface area contributed by atoms with Gasteiger partial charge in [-0.2, -0.15) is 18.3 Å². The number of pyridine rings is 1. The number of imide groups is 1. The number of carbonyl (C=O) groups excluding carboxylic acids is 2. The summed E-state index contributed by atoms with van der Waals surface area (Å²) in [6.07, 6.45) is -3.52. The molecular formula is C29H33F4IN5O3Se. The van der Waals surface area contributed by atoms with Crippen molar-refractivity contribution in [3.05, 3.63) is 58.3 Å². The van der Waals surface area contributed by atoms with Crippen LogP contribution in [0.5, 0.6) is 0 Å². The number of alkyl halides is 3. The van der Waals surface area contributed by atoms with E-state index in [0.29, 0.717) is 54.0 Å². The maximum absolute atomic E-state index is 16.1. The fourth-order valence-corrected chi connectivity index (χ4v) is 6.26. The molecule has 3 fully saturated rings. The van der Waals surface area contributed by atoms with Crippen LogP contribution in [0.4, 0.5) is 17.6 Å². The van der Waals surface area contributed by atoms with Gasteiger partial charge >= 0.3 is 39.3 Å². The average Bonchev–Trinajstić information content (AvgIpc) is 3.42. The molecule has 1 aromatic carbocycles. The summed E-state index contributed by atoms with van der Waals surface area (Å²) in [4.78, 5) is 30.6. The molecule has 5 heterocycles. The zero-order chi connectivity index (χ0) is 31.9. The topological polar surface area (TPSA) is 92.7 Å². The molecule has 0 bridgehead atoms. The Morgan fingerprint density at radius 2 is 1.91 bits per heavy atom. The molecule has 0 saturated carbocycles. The third-order valence-corrected chi connectivity index (χ3v) is 8.38. The van der Waals surface area contributed by atoms with E-state index in [1.807, 2.05) is 46.0 Å². The van der Waals surface area contributed by atoms with Crippen LogP contribution < -0.4 is 5.32 Å². The SMILES string of the molecule is CC.Cc1nc2ccc(C34CCN(Cc5cc(C(F)(F)F)nn5C)CC3(C)O4)c(F)c2cc1C1CCC(=O)NC1=O.[Se]I. The zero-order valence-corrected chi connectivity index (χ0v) is 28.3. The van der Waals surface area contributed by atoms with Gasteiger partial charge in [-0.3, -0.25) is 29.5 Å². The van der Waals surface area contributed by atoms with E-state index >= 15 is 4.39 Å². The molecule has 3 aliphatic rings. The molecular weight excluding hydrogens is 748 g/mol. The summed E-state index contributed by atoms with van der Waals surface area (Å²) in [5, 5.41) is 6.21. The Morgan fingerprint density at radius 3 is 2.51 bits per heavy atom. The molecule has 0 aliphatic carbocycles. The molecule has 43 heavy (non-hydrogen) atoms. The number of ether oxygens (including phenoxy) is 1. The number of aryl methyl sites for hydroxylation is 2. The first kappa shape index (κ1) is 33.8. The van der Waals surface area contributed by atoms with Crippen LogP contribution in [-0.2, 0) is 39.7 Å². The van der Waals surface area contributed by atoms with Gasteiger partial charge in [-0.1, -0.05) is 19.9 Å². The Morgan fingerprint density at radius 1 is 1.21 bits per heavy atom. The molecule has 0 spiro atoms. The van der Waals surface area contributed by atoms with E-state index in [1.165, 1.54) is 11.7 Å². The molecule has 1 N–H and O–H groups in total. The van der Waals surface area contributed by atoms with Gasteiger partial charge in [0.1, 0.15) is 17.0 Å². The molecule has 8 nitrogen and oxygen atoms in total. The van der Waals surface area contributed by atoms with Gasteiger partial charge in [0.2, 0.25) is 11.8 Å². The Kier molecular flexibility index (Phi) is 9.97. The minimum absolute atomic E-state index is 0.207. The number of fused-ring (bicyclic) bond motifs is 2. The number of halogens is 5. The van der Waals surface area contributed by atoms with Gasteiger partial charge in [0.25, 0.3) is 0 Å². The summed E-state index contributed by atoms with van der Waals surface area (Å²) in [6, 6.07) is 6.14. The predicted molar refractivity (Wildman–Crippen MR) is 162 cm³/mol. The number of amides is 2. The van der Waals surface area contributed by atoms with Crippen LogP contribution in [0.25, 0.3) is 10.9 Å². The molecule has 3 atom stereocenters. The van der Waals surface area contributed by atoms with E-state index < -0.39 is 40.7 Å².